The van der Waals surface area contributed by atoms with Gasteiger partial charge in [0.25, 0.3) is 11.8 Å². The molecule has 0 unspecified atom stereocenters. The highest BCUT2D eigenvalue weighted by molar-refractivity contribution is 7.11. The van der Waals surface area contributed by atoms with E-state index < -0.39 is 43.6 Å². The van der Waals surface area contributed by atoms with E-state index >= 15 is 0 Å². The summed E-state index contributed by atoms with van der Waals surface area (Å²) in [4.78, 5) is 21.3. The Kier molecular flexibility index (Phi) is 5.73. The topological polar surface area (TPSA) is 87.0 Å². The van der Waals surface area contributed by atoms with Crippen molar-refractivity contribution >= 4 is 23.1 Å². The summed E-state index contributed by atoms with van der Waals surface area (Å²) in [7, 11) is 0. The number of aliphatic hydroxyl groups excluding tert-OH is 1. The standard InChI is InChI=1S/C16H18F4N4O3S/c1-2-27-13(25)9-5-22-11(12-21-3-4-28-12)23-10(9)6-24-7-15(17,18)14(26)16(19,20)8-24/h3-4,14,26H,2,5-8H2,1H3,(H,22,23). The number of rotatable bonds is 5. The van der Waals surface area contributed by atoms with Crippen molar-refractivity contribution in [2.24, 2.45) is 4.99 Å². The van der Waals surface area contributed by atoms with Gasteiger partial charge in [0.05, 0.1) is 31.8 Å². The molecule has 12 heteroatoms. The van der Waals surface area contributed by atoms with Crippen LogP contribution in [-0.2, 0) is 9.53 Å². The molecule has 1 aromatic rings. The molecule has 1 saturated heterocycles. The zero-order valence-corrected chi connectivity index (χ0v) is 15.6. The number of halogens is 4. The lowest BCUT2D eigenvalue weighted by Gasteiger charge is -2.41. The molecule has 2 N–H and O–H groups in total. The van der Waals surface area contributed by atoms with Crippen molar-refractivity contribution in [3.05, 3.63) is 27.9 Å². The third-order valence-electron chi connectivity index (χ3n) is 4.24. The summed E-state index contributed by atoms with van der Waals surface area (Å²) in [6.07, 6.45) is -1.51. The van der Waals surface area contributed by atoms with Crippen molar-refractivity contribution in [2.75, 3.05) is 32.8 Å². The number of likely N-dealkylation sites (tertiary alicyclic amines) is 1. The van der Waals surface area contributed by atoms with E-state index in [-0.39, 0.29) is 24.4 Å². The maximum atomic E-state index is 13.8. The van der Waals surface area contributed by atoms with Crippen LogP contribution in [0, 0.1) is 0 Å². The fraction of sp³-hybridized carbons (Fsp3) is 0.562. The highest BCUT2D eigenvalue weighted by atomic mass is 32.1. The molecule has 28 heavy (non-hydrogen) atoms. The lowest BCUT2D eigenvalue weighted by atomic mass is 9.99. The summed E-state index contributed by atoms with van der Waals surface area (Å²) in [6, 6.07) is 0. The second-order valence-corrected chi connectivity index (χ2v) is 7.27. The number of thiazole rings is 1. The number of amidine groups is 1. The van der Waals surface area contributed by atoms with Gasteiger partial charge < -0.3 is 15.2 Å². The predicted octanol–water partition coefficient (Wildman–Crippen LogP) is 1.26. The van der Waals surface area contributed by atoms with Gasteiger partial charge in [0.2, 0.25) is 0 Å². The highest BCUT2D eigenvalue weighted by Crippen LogP contribution is 2.37. The summed E-state index contributed by atoms with van der Waals surface area (Å²) in [6.45, 7) is -0.949. The van der Waals surface area contributed by atoms with Crippen LogP contribution in [0.1, 0.15) is 11.9 Å². The zero-order chi connectivity index (χ0) is 20.5. The predicted molar refractivity (Wildman–Crippen MR) is 92.7 cm³/mol. The number of esters is 1. The Morgan fingerprint density at radius 2 is 2.07 bits per heavy atom. The van der Waals surface area contributed by atoms with Crippen LogP contribution >= 0.6 is 11.3 Å². The van der Waals surface area contributed by atoms with Gasteiger partial charge in [-0.1, -0.05) is 0 Å². The largest absolute Gasteiger partial charge is 0.463 e. The van der Waals surface area contributed by atoms with Gasteiger partial charge in [-0.3, -0.25) is 9.89 Å². The first-order chi connectivity index (χ1) is 13.1. The molecule has 2 aliphatic rings. The number of alkyl halides is 4. The van der Waals surface area contributed by atoms with Crippen LogP contribution in [0.4, 0.5) is 17.6 Å². The molecular formula is C16H18F4N4O3S. The Balaban J connectivity index is 1.85. The van der Waals surface area contributed by atoms with Gasteiger partial charge in [0, 0.05) is 23.8 Å². The molecule has 0 spiro atoms. The van der Waals surface area contributed by atoms with Crippen molar-refractivity contribution in [1.82, 2.24) is 15.2 Å². The second kappa shape index (κ2) is 7.76. The Labute approximate surface area is 161 Å². The minimum atomic E-state index is -3.99. The van der Waals surface area contributed by atoms with Crippen LogP contribution in [0.15, 0.2) is 27.8 Å². The molecule has 0 bridgehead atoms. The van der Waals surface area contributed by atoms with E-state index in [1.165, 1.54) is 11.3 Å². The first kappa shape index (κ1) is 20.7. The van der Waals surface area contributed by atoms with Crippen LogP contribution in [0.3, 0.4) is 0 Å². The number of hydrogen-bond acceptors (Lipinski definition) is 8. The van der Waals surface area contributed by atoms with Crippen molar-refractivity contribution in [3.8, 4) is 0 Å². The van der Waals surface area contributed by atoms with Crippen LogP contribution in [0.5, 0.6) is 0 Å². The number of aromatic nitrogens is 1. The molecule has 3 rings (SSSR count). The summed E-state index contributed by atoms with van der Waals surface area (Å²) in [5.41, 5.74) is 0.210. The number of nitrogens with zero attached hydrogens (tertiary/aromatic N) is 3. The fourth-order valence-corrected chi connectivity index (χ4v) is 3.58. The number of aliphatic hydroxyl groups is 1. The number of ether oxygens (including phenoxy) is 1. The maximum absolute atomic E-state index is 13.8. The van der Waals surface area contributed by atoms with Gasteiger partial charge in [0.15, 0.2) is 16.9 Å². The van der Waals surface area contributed by atoms with E-state index in [9.17, 15) is 27.5 Å². The lowest BCUT2D eigenvalue weighted by Crippen LogP contribution is -2.63. The molecule has 0 amide bonds. The minimum absolute atomic E-state index is 0.0694. The van der Waals surface area contributed by atoms with Crippen molar-refractivity contribution < 1.29 is 32.2 Å². The molecular weight excluding hydrogens is 404 g/mol. The molecule has 1 aromatic heterocycles. The van der Waals surface area contributed by atoms with Gasteiger partial charge in [-0.25, -0.2) is 27.3 Å². The Bertz CT molecular complexity index is 780. The Morgan fingerprint density at radius 1 is 1.39 bits per heavy atom. The Hall–Kier alpha value is -2.05. The number of carbonyl (C=O) groups excluding carboxylic acids is 1. The van der Waals surface area contributed by atoms with Gasteiger partial charge >= 0.3 is 5.97 Å². The van der Waals surface area contributed by atoms with Crippen molar-refractivity contribution in [3.63, 3.8) is 0 Å². The zero-order valence-electron chi connectivity index (χ0n) is 14.8. The minimum Gasteiger partial charge on any atom is -0.463 e. The third kappa shape index (κ3) is 4.18. The molecule has 0 radical (unpaired) electrons. The van der Waals surface area contributed by atoms with E-state index in [2.05, 4.69) is 15.3 Å². The molecule has 3 heterocycles. The van der Waals surface area contributed by atoms with Crippen LogP contribution < -0.4 is 5.32 Å². The number of nitrogens with one attached hydrogen (secondary N) is 1. The number of hydrogen-bond donors (Lipinski definition) is 2. The molecule has 0 atom stereocenters. The van der Waals surface area contributed by atoms with Crippen LogP contribution in [0.25, 0.3) is 0 Å². The van der Waals surface area contributed by atoms with Gasteiger partial charge in [0.1, 0.15) is 0 Å². The van der Waals surface area contributed by atoms with E-state index in [0.29, 0.717) is 10.8 Å². The second-order valence-electron chi connectivity index (χ2n) is 6.37. The van der Waals surface area contributed by atoms with Crippen LogP contribution in [0.2, 0.25) is 0 Å². The first-order valence-corrected chi connectivity index (χ1v) is 9.28. The van der Waals surface area contributed by atoms with Gasteiger partial charge in [-0.15, -0.1) is 11.3 Å². The monoisotopic (exact) mass is 422 g/mol. The van der Waals surface area contributed by atoms with Gasteiger partial charge in [-0.05, 0) is 6.92 Å². The number of carbonyl (C=O) groups is 1. The molecule has 154 valence electrons. The molecule has 0 aliphatic carbocycles. The highest BCUT2D eigenvalue weighted by Gasteiger charge is 2.59. The SMILES string of the molecule is CCOC(=O)C1=C(CN2CC(F)(F)C(O)C(F)(F)C2)NC(c2nccs2)=NC1. The van der Waals surface area contributed by atoms with E-state index in [1.54, 1.807) is 18.5 Å². The van der Waals surface area contributed by atoms with Gasteiger partial charge in [-0.2, -0.15) is 0 Å². The van der Waals surface area contributed by atoms with Crippen molar-refractivity contribution in [1.29, 1.82) is 0 Å². The molecule has 0 aromatic carbocycles. The third-order valence-corrected chi connectivity index (χ3v) is 5.02. The smallest absolute Gasteiger partial charge is 0.337 e. The number of piperidine rings is 1. The van der Waals surface area contributed by atoms with Crippen molar-refractivity contribution in [2.45, 2.75) is 24.9 Å². The van der Waals surface area contributed by atoms with E-state index in [0.717, 1.165) is 4.90 Å². The van der Waals surface area contributed by atoms with E-state index in [1.807, 2.05) is 0 Å². The summed E-state index contributed by atoms with van der Waals surface area (Å²) >= 11 is 1.27. The molecule has 0 saturated carbocycles. The summed E-state index contributed by atoms with van der Waals surface area (Å²) < 4.78 is 60.3. The normalized spacial score (nSPS) is 22.6. The molecule has 2 aliphatic heterocycles. The maximum Gasteiger partial charge on any atom is 0.337 e. The van der Waals surface area contributed by atoms with Crippen LogP contribution in [-0.4, -0.2) is 77.5 Å². The fourth-order valence-electron chi connectivity index (χ4n) is 2.98. The van der Waals surface area contributed by atoms with E-state index in [4.69, 9.17) is 4.74 Å². The summed E-state index contributed by atoms with van der Waals surface area (Å²) in [5.74, 6) is -8.38. The first-order valence-electron chi connectivity index (χ1n) is 8.40. The lowest BCUT2D eigenvalue weighted by molar-refractivity contribution is -0.252. The molecule has 7 nitrogen and oxygen atoms in total. The average Bonchev–Trinajstić information content (AvgIpc) is 3.14. The molecule has 1 fully saturated rings. The Morgan fingerprint density at radius 3 is 2.64 bits per heavy atom. The quantitative estimate of drug-likeness (QED) is 0.549. The average molecular weight is 422 g/mol. The number of aliphatic imine (C=N–C) groups is 1. The summed E-state index contributed by atoms with van der Waals surface area (Å²) in [5, 5.41) is 14.3.